The van der Waals surface area contributed by atoms with Gasteiger partial charge in [0.1, 0.15) is 5.41 Å². The summed E-state index contributed by atoms with van der Waals surface area (Å²) in [7, 11) is 0. The average Bonchev–Trinajstić information content (AvgIpc) is 2.07. The molecule has 0 spiro atoms. The summed E-state index contributed by atoms with van der Waals surface area (Å²) in [5, 5.41) is 9.02. The largest absolute Gasteiger partial charge is 0.377 e. The molecule has 1 aromatic rings. The van der Waals surface area contributed by atoms with Crippen molar-refractivity contribution in [2.75, 3.05) is 13.2 Å². The van der Waals surface area contributed by atoms with E-state index in [0.717, 1.165) is 10.0 Å². The van der Waals surface area contributed by atoms with E-state index in [2.05, 4.69) is 22.0 Å². The Morgan fingerprint density at radius 2 is 1.92 bits per heavy atom. The predicted molar refractivity (Wildman–Crippen MR) is 52.3 cm³/mol. The second kappa shape index (κ2) is 3.13. The molecule has 3 heteroatoms. The molecule has 13 heavy (non-hydrogen) atoms. The number of nitriles is 1. The number of ether oxygens (including phenoxy) is 1. The minimum Gasteiger partial charge on any atom is -0.377 e. The lowest BCUT2D eigenvalue weighted by molar-refractivity contribution is -0.0298. The van der Waals surface area contributed by atoms with Crippen LogP contribution < -0.4 is 0 Å². The summed E-state index contributed by atoms with van der Waals surface area (Å²) >= 11 is 3.36. The fourth-order valence-electron chi connectivity index (χ4n) is 1.37. The summed E-state index contributed by atoms with van der Waals surface area (Å²) < 4.78 is 6.11. The normalized spacial score (nSPS) is 18.8. The molecule has 0 aromatic heterocycles. The van der Waals surface area contributed by atoms with Crippen LogP contribution in [0.3, 0.4) is 0 Å². The number of halogens is 1. The van der Waals surface area contributed by atoms with Crippen LogP contribution in [-0.2, 0) is 10.2 Å². The number of rotatable bonds is 1. The van der Waals surface area contributed by atoms with Crippen LogP contribution in [0.1, 0.15) is 5.56 Å². The van der Waals surface area contributed by atoms with Crippen LogP contribution >= 0.6 is 15.9 Å². The second-order valence-electron chi connectivity index (χ2n) is 3.19. The maximum Gasteiger partial charge on any atom is 0.129 e. The van der Waals surface area contributed by atoms with E-state index in [1.807, 2.05) is 24.3 Å². The Balaban J connectivity index is 2.35. The molecule has 0 atom stereocenters. The Morgan fingerprint density at radius 3 is 2.31 bits per heavy atom. The van der Waals surface area contributed by atoms with Gasteiger partial charge in [0.15, 0.2) is 0 Å². The van der Waals surface area contributed by atoms with Crippen molar-refractivity contribution in [2.24, 2.45) is 0 Å². The molecule has 1 fully saturated rings. The molecule has 0 bridgehead atoms. The smallest absolute Gasteiger partial charge is 0.129 e. The molecule has 0 unspecified atom stereocenters. The summed E-state index contributed by atoms with van der Waals surface area (Å²) in [5.41, 5.74) is 0.658. The van der Waals surface area contributed by atoms with Crippen molar-refractivity contribution < 1.29 is 4.74 Å². The SMILES string of the molecule is N#CC1(c2ccc(Br)cc2)COC1. The molecule has 1 aliphatic rings. The first-order chi connectivity index (χ1) is 6.27. The van der Waals surface area contributed by atoms with Gasteiger partial charge >= 0.3 is 0 Å². The summed E-state index contributed by atoms with van der Waals surface area (Å²) in [4.78, 5) is 0. The molecule has 1 aliphatic heterocycles. The van der Waals surface area contributed by atoms with Crippen LogP contribution in [-0.4, -0.2) is 13.2 Å². The standard InChI is InChI=1S/C10H8BrNO/c11-9-3-1-8(2-4-9)10(5-12)6-13-7-10/h1-4H,6-7H2. The maximum absolute atomic E-state index is 9.02. The van der Waals surface area contributed by atoms with Gasteiger partial charge in [0.2, 0.25) is 0 Å². The minimum atomic E-state index is -0.388. The minimum absolute atomic E-state index is 0.388. The molecule has 0 radical (unpaired) electrons. The first kappa shape index (κ1) is 8.74. The van der Waals surface area contributed by atoms with Crippen molar-refractivity contribution in [3.8, 4) is 6.07 Å². The molecule has 0 saturated carbocycles. The summed E-state index contributed by atoms with van der Waals surface area (Å²) in [6.07, 6.45) is 0. The number of benzene rings is 1. The molecule has 1 saturated heterocycles. The first-order valence-electron chi connectivity index (χ1n) is 4.02. The second-order valence-corrected chi connectivity index (χ2v) is 4.11. The van der Waals surface area contributed by atoms with Crippen LogP contribution in [0.2, 0.25) is 0 Å². The van der Waals surface area contributed by atoms with Crippen molar-refractivity contribution in [1.82, 2.24) is 0 Å². The zero-order valence-corrected chi connectivity index (χ0v) is 8.54. The molecule has 0 amide bonds. The molecule has 66 valence electrons. The zero-order chi connectivity index (χ0) is 9.31. The zero-order valence-electron chi connectivity index (χ0n) is 6.96. The van der Waals surface area contributed by atoms with Gasteiger partial charge in [-0.15, -0.1) is 0 Å². The van der Waals surface area contributed by atoms with E-state index in [1.54, 1.807) is 0 Å². The third-order valence-corrected chi connectivity index (χ3v) is 2.84. The third kappa shape index (κ3) is 1.37. The van der Waals surface area contributed by atoms with Crippen LogP contribution in [0.5, 0.6) is 0 Å². The van der Waals surface area contributed by atoms with Gasteiger partial charge < -0.3 is 4.74 Å². The Bertz CT molecular complexity index is 348. The number of nitrogens with zero attached hydrogens (tertiary/aromatic N) is 1. The molecular formula is C10H8BrNO. The third-order valence-electron chi connectivity index (χ3n) is 2.31. The number of hydrogen-bond acceptors (Lipinski definition) is 2. The Labute approximate surface area is 85.3 Å². The number of hydrogen-bond donors (Lipinski definition) is 0. The molecule has 0 aliphatic carbocycles. The summed E-state index contributed by atoms with van der Waals surface area (Å²) in [6.45, 7) is 1.04. The van der Waals surface area contributed by atoms with Crippen molar-refractivity contribution in [1.29, 1.82) is 5.26 Å². The van der Waals surface area contributed by atoms with Gasteiger partial charge in [-0.05, 0) is 17.7 Å². The Hall–Kier alpha value is -0.850. The van der Waals surface area contributed by atoms with Gasteiger partial charge in [-0.3, -0.25) is 0 Å². The lowest BCUT2D eigenvalue weighted by Crippen LogP contribution is -2.45. The van der Waals surface area contributed by atoms with E-state index >= 15 is 0 Å². The van der Waals surface area contributed by atoms with E-state index < -0.39 is 0 Å². The van der Waals surface area contributed by atoms with Gasteiger partial charge in [0.05, 0.1) is 19.3 Å². The van der Waals surface area contributed by atoms with Crippen LogP contribution in [0, 0.1) is 11.3 Å². The van der Waals surface area contributed by atoms with Crippen LogP contribution in [0.4, 0.5) is 0 Å². The van der Waals surface area contributed by atoms with Crippen LogP contribution in [0.15, 0.2) is 28.7 Å². The van der Waals surface area contributed by atoms with Gasteiger partial charge in [-0.1, -0.05) is 28.1 Å². The van der Waals surface area contributed by atoms with E-state index in [0.29, 0.717) is 13.2 Å². The highest BCUT2D eigenvalue weighted by molar-refractivity contribution is 9.10. The van der Waals surface area contributed by atoms with Gasteiger partial charge in [0.25, 0.3) is 0 Å². The lowest BCUT2D eigenvalue weighted by atomic mass is 9.80. The Kier molecular flexibility index (Phi) is 2.10. The van der Waals surface area contributed by atoms with E-state index in [1.165, 1.54) is 0 Å². The summed E-state index contributed by atoms with van der Waals surface area (Å²) in [6, 6.07) is 10.1. The van der Waals surface area contributed by atoms with E-state index in [4.69, 9.17) is 10.00 Å². The molecule has 2 nitrogen and oxygen atoms in total. The monoisotopic (exact) mass is 237 g/mol. The molecule has 0 N–H and O–H groups in total. The van der Waals surface area contributed by atoms with E-state index in [-0.39, 0.29) is 5.41 Å². The van der Waals surface area contributed by atoms with Crippen molar-refractivity contribution in [3.05, 3.63) is 34.3 Å². The highest BCUT2D eigenvalue weighted by Crippen LogP contribution is 2.32. The molecular weight excluding hydrogens is 230 g/mol. The highest BCUT2D eigenvalue weighted by Gasteiger charge is 2.40. The molecule has 2 rings (SSSR count). The maximum atomic E-state index is 9.02. The van der Waals surface area contributed by atoms with Crippen LogP contribution in [0.25, 0.3) is 0 Å². The molecule has 1 heterocycles. The van der Waals surface area contributed by atoms with Crippen molar-refractivity contribution in [2.45, 2.75) is 5.41 Å². The fraction of sp³-hybridized carbons (Fsp3) is 0.300. The lowest BCUT2D eigenvalue weighted by Gasteiger charge is -2.35. The van der Waals surface area contributed by atoms with Crippen molar-refractivity contribution in [3.63, 3.8) is 0 Å². The average molecular weight is 238 g/mol. The van der Waals surface area contributed by atoms with Gasteiger partial charge in [0, 0.05) is 4.47 Å². The van der Waals surface area contributed by atoms with Gasteiger partial charge in [-0.25, -0.2) is 0 Å². The Morgan fingerprint density at radius 1 is 1.31 bits per heavy atom. The van der Waals surface area contributed by atoms with Crippen molar-refractivity contribution >= 4 is 15.9 Å². The summed E-state index contributed by atoms with van der Waals surface area (Å²) in [5.74, 6) is 0. The molecule has 1 aromatic carbocycles. The predicted octanol–water partition coefficient (Wildman–Crippen LogP) is 2.24. The quantitative estimate of drug-likeness (QED) is 0.751. The fourth-order valence-corrected chi connectivity index (χ4v) is 1.64. The topological polar surface area (TPSA) is 33.0 Å². The first-order valence-corrected chi connectivity index (χ1v) is 4.81. The van der Waals surface area contributed by atoms with E-state index in [9.17, 15) is 0 Å². The highest BCUT2D eigenvalue weighted by atomic mass is 79.9. The van der Waals surface area contributed by atoms with Gasteiger partial charge in [-0.2, -0.15) is 5.26 Å².